The fourth-order valence-corrected chi connectivity index (χ4v) is 3.00. The first-order valence-electron chi connectivity index (χ1n) is 6.16. The topological polar surface area (TPSA) is 66.9 Å². The molecule has 0 radical (unpaired) electrons. The SMILES string of the molecule is Cc1ccc2c(c1)N(S(C)(=O)=O)CC(C(=O)N(C)C)O2. The van der Waals surface area contributed by atoms with Crippen LogP contribution in [-0.2, 0) is 14.8 Å². The smallest absolute Gasteiger partial charge is 0.265 e. The molecule has 1 atom stereocenters. The molecule has 110 valence electrons. The third-order valence-corrected chi connectivity index (χ3v) is 4.25. The summed E-state index contributed by atoms with van der Waals surface area (Å²) in [4.78, 5) is 13.4. The Hall–Kier alpha value is -1.76. The fraction of sp³-hybridized carbons (Fsp3) is 0.462. The Kier molecular flexibility index (Phi) is 3.64. The minimum Gasteiger partial charge on any atom is -0.476 e. The molecule has 1 aromatic carbocycles. The van der Waals surface area contributed by atoms with Crippen LogP contribution in [0.1, 0.15) is 5.56 Å². The van der Waals surface area contributed by atoms with Crippen LogP contribution in [0.15, 0.2) is 18.2 Å². The minimum atomic E-state index is -3.47. The molecule has 0 bridgehead atoms. The highest BCUT2D eigenvalue weighted by Crippen LogP contribution is 2.35. The minimum absolute atomic E-state index is 0.00764. The number of carbonyl (C=O) groups excluding carboxylic acids is 1. The van der Waals surface area contributed by atoms with Crippen molar-refractivity contribution in [2.24, 2.45) is 0 Å². The van der Waals surface area contributed by atoms with Gasteiger partial charge in [-0.1, -0.05) is 6.07 Å². The van der Waals surface area contributed by atoms with Crippen molar-refractivity contribution >= 4 is 21.6 Å². The summed E-state index contributed by atoms with van der Waals surface area (Å²) in [6, 6.07) is 5.26. The van der Waals surface area contributed by atoms with Crippen LogP contribution < -0.4 is 9.04 Å². The van der Waals surface area contributed by atoms with Gasteiger partial charge in [-0.15, -0.1) is 0 Å². The van der Waals surface area contributed by atoms with Gasteiger partial charge in [0.2, 0.25) is 10.0 Å². The van der Waals surface area contributed by atoms with Crippen LogP contribution in [-0.4, -0.2) is 52.2 Å². The normalized spacial score (nSPS) is 18.2. The molecule has 0 saturated heterocycles. The number of sulfonamides is 1. The molecule has 0 N–H and O–H groups in total. The second-order valence-electron chi connectivity index (χ2n) is 5.10. The van der Waals surface area contributed by atoms with Crippen molar-refractivity contribution in [1.82, 2.24) is 4.90 Å². The summed E-state index contributed by atoms with van der Waals surface area (Å²) in [5.74, 6) is 0.150. The van der Waals surface area contributed by atoms with Crippen molar-refractivity contribution in [1.29, 1.82) is 0 Å². The molecular formula is C13H18N2O4S. The quantitative estimate of drug-likeness (QED) is 0.802. The lowest BCUT2D eigenvalue weighted by atomic mass is 10.1. The van der Waals surface area contributed by atoms with E-state index in [1.165, 1.54) is 9.21 Å². The molecular weight excluding hydrogens is 280 g/mol. The highest BCUT2D eigenvalue weighted by atomic mass is 32.2. The van der Waals surface area contributed by atoms with Gasteiger partial charge in [-0.3, -0.25) is 9.10 Å². The fourth-order valence-electron chi connectivity index (χ4n) is 2.09. The van der Waals surface area contributed by atoms with Crippen LogP contribution in [0.4, 0.5) is 5.69 Å². The maximum atomic E-state index is 12.0. The molecule has 0 aliphatic carbocycles. The number of benzene rings is 1. The summed E-state index contributed by atoms with van der Waals surface area (Å²) in [5.41, 5.74) is 1.41. The Morgan fingerprint density at radius 3 is 2.60 bits per heavy atom. The summed E-state index contributed by atoms with van der Waals surface area (Å²) in [6.45, 7) is 1.87. The van der Waals surface area contributed by atoms with Gasteiger partial charge in [0.15, 0.2) is 6.10 Å². The van der Waals surface area contributed by atoms with E-state index in [-0.39, 0.29) is 12.5 Å². The Balaban J connectivity index is 2.48. The maximum Gasteiger partial charge on any atom is 0.265 e. The van der Waals surface area contributed by atoms with Gasteiger partial charge in [-0.2, -0.15) is 0 Å². The lowest BCUT2D eigenvalue weighted by molar-refractivity contribution is -0.135. The molecule has 2 rings (SSSR count). The number of amides is 1. The molecule has 6 nitrogen and oxygen atoms in total. The van der Waals surface area contributed by atoms with Crippen molar-refractivity contribution in [3.05, 3.63) is 23.8 Å². The van der Waals surface area contributed by atoms with E-state index in [2.05, 4.69) is 0 Å². The van der Waals surface area contributed by atoms with E-state index >= 15 is 0 Å². The second-order valence-corrected chi connectivity index (χ2v) is 7.01. The Labute approximate surface area is 119 Å². The Bertz CT molecular complexity index is 640. The van der Waals surface area contributed by atoms with Gasteiger partial charge in [0, 0.05) is 14.1 Å². The van der Waals surface area contributed by atoms with Gasteiger partial charge in [0.25, 0.3) is 5.91 Å². The van der Waals surface area contributed by atoms with Crippen LogP contribution in [0.2, 0.25) is 0 Å². The van der Waals surface area contributed by atoms with Crippen LogP contribution in [0, 0.1) is 6.92 Å². The maximum absolute atomic E-state index is 12.0. The van der Waals surface area contributed by atoms with Gasteiger partial charge >= 0.3 is 0 Å². The monoisotopic (exact) mass is 298 g/mol. The summed E-state index contributed by atoms with van der Waals surface area (Å²) in [5, 5.41) is 0. The summed E-state index contributed by atoms with van der Waals surface area (Å²) < 4.78 is 30.8. The zero-order valence-electron chi connectivity index (χ0n) is 12.0. The highest BCUT2D eigenvalue weighted by Gasteiger charge is 2.35. The molecule has 1 aliphatic heterocycles. The second kappa shape index (κ2) is 4.97. The number of carbonyl (C=O) groups is 1. The third kappa shape index (κ3) is 2.72. The van der Waals surface area contributed by atoms with Crippen molar-refractivity contribution in [3.63, 3.8) is 0 Å². The van der Waals surface area contributed by atoms with E-state index in [0.29, 0.717) is 11.4 Å². The summed E-state index contributed by atoms with van der Waals surface area (Å²) in [6.07, 6.45) is 0.302. The molecule has 7 heteroatoms. The van der Waals surface area contributed by atoms with E-state index in [0.717, 1.165) is 11.8 Å². The number of hydrogen-bond acceptors (Lipinski definition) is 4. The van der Waals surface area contributed by atoms with Crippen molar-refractivity contribution in [3.8, 4) is 5.75 Å². The standard InChI is InChI=1S/C13H18N2O4S/c1-9-5-6-11-10(7-9)15(20(4,17)18)8-12(19-11)13(16)14(2)3/h5-7,12H,8H2,1-4H3. The molecule has 0 aromatic heterocycles. The van der Waals surface area contributed by atoms with Crippen LogP contribution >= 0.6 is 0 Å². The number of aryl methyl sites for hydroxylation is 1. The molecule has 1 unspecified atom stereocenters. The number of rotatable bonds is 2. The lowest BCUT2D eigenvalue weighted by Gasteiger charge is -2.35. The van der Waals surface area contributed by atoms with E-state index in [1.54, 1.807) is 26.2 Å². The number of ether oxygens (including phenoxy) is 1. The van der Waals surface area contributed by atoms with Gasteiger partial charge in [0.05, 0.1) is 18.5 Å². The number of anilines is 1. The predicted molar refractivity (Wildman–Crippen MR) is 76.5 cm³/mol. The first kappa shape index (κ1) is 14.6. The van der Waals surface area contributed by atoms with Crippen LogP contribution in [0.5, 0.6) is 5.75 Å². The van der Waals surface area contributed by atoms with Gasteiger partial charge < -0.3 is 9.64 Å². The average molecular weight is 298 g/mol. The van der Waals surface area contributed by atoms with E-state index < -0.39 is 16.1 Å². The molecule has 20 heavy (non-hydrogen) atoms. The molecule has 0 fully saturated rings. The average Bonchev–Trinajstić information content (AvgIpc) is 2.35. The van der Waals surface area contributed by atoms with Crippen molar-refractivity contribution in [2.45, 2.75) is 13.0 Å². The van der Waals surface area contributed by atoms with Gasteiger partial charge in [-0.25, -0.2) is 8.42 Å². The summed E-state index contributed by atoms with van der Waals surface area (Å²) >= 11 is 0. The van der Waals surface area contributed by atoms with Gasteiger partial charge in [0.1, 0.15) is 5.75 Å². The van der Waals surface area contributed by atoms with E-state index in [9.17, 15) is 13.2 Å². The summed E-state index contributed by atoms with van der Waals surface area (Å²) in [7, 11) is -0.241. The number of fused-ring (bicyclic) bond motifs is 1. The first-order valence-corrected chi connectivity index (χ1v) is 8.01. The number of hydrogen-bond donors (Lipinski definition) is 0. The zero-order chi connectivity index (χ0) is 15.1. The predicted octanol–water partition coefficient (Wildman–Crippen LogP) is 0.610. The van der Waals surface area contributed by atoms with E-state index in [4.69, 9.17) is 4.74 Å². The zero-order valence-corrected chi connectivity index (χ0v) is 12.8. The van der Waals surface area contributed by atoms with Gasteiger partial charge in [-0.05, 0) is 24.6 Å². The Morgan fingerprint density at radius 1 is 1.40 bits per heavy atom. The number of nitrogens with zero attached hydrogens (tertiary/aromatic N) is 2. The largest absolute Gasteiger partial charge is 0.476 e. The number of likely N-dealkylation sites (N-methyl/N-ethyl adjacent to an activating group) is 1. The van der Waals surface area contributed by atoms with Crippen LogP contribution in [0.3, 0.4) is 0 Å². The van der Waals surface area contributed by atoms with E-state index in [1.807, 2.05) is 13.0 Å². The lowest BCUT2D eigenvalue weighted by Crippen LogP contribution is -2.50. The molecule has 1 heterocycles. The molecule has 0 saturated carbocycles. The molecule has 1 aromatic rings. The molecule has 0 spiro atoms. The third-order valence-electron chi connectivity index (χ3n) is 3.10. The molecule has 1 amide bonds. The van der Waals surface area contributed by atoms with Crippen molar-refractivity contribution < 1.29 is 17.9 Å². The first-order chi connectivity index (χ1) is 9.20. The molecule has 1 aliphatic rings. The van der Waals surface area contributed by atoms with Crippen LogP contribution in [0.25, 0.3) is 0 Å². The highest BCUT2D eigenvalue weighted by molar-refractivity contribution is 7.92. The Morgan fingerprint density at radius 2 is 2.05 bits per heavy atom. The van der Waals surface area contributed by atoms with Crippen molar-refractivity contribution in [2.75, 3.05) is 31.2 Å².